The second kappa shape index (κ2) is 8.39. The third-order valence-electron chi connectivity index (χ3n) is 7.13. The Balaban J connectivity index is 1.56. The van der Waals surface area contributed by atoms with E-state index in [9.17, 15) is 17.6 Å². The third kappa shape index (κ3) is 3.52. The molecule has 1 aliphatic carbocycles. The summed E-state index contributed by atoms with van der Waals surface area (Å²) in [5.41, 5.74) is 0.876. The van der Waals surface area contributed by atoms with E-state index in [2.05, 4.69) is 25.6 Å². The highest BCUT2D eigenvalue weighted by atomic mass is 32.2. The van der Waals surface area contributed by atoms with E-state index in [0.717, 1.165) is 13.0 Å². The molecule has 10 nitrogen and oxygen atoms in total. The molecule has 0 radical (unpaired) electrons. The number of hydrogen-bond acceptors (Lipinski definition) is 9. The number of carbonyl (C=O) groups excluding carboxylic acids is 1. The van der Waals surface area contributed by atoms with E-state index < -0.39 is 21.1 Å². The number of hydrogen-bond donors (Lipinski definition) is 1. The molecule has 186 valence electrons. The SMILES string of the molecule is Cn1ncc(S(=O)(=O)c2nn(-c3ccc(F)cc3)c3c2C[C@]2(C(=O)c4nccs4)CNCC[C@H]2C3)n1. The van der Waals surface area contributed by atoms with Crippen LogP contribution in [0.25, 0.3) is 5.69 Å². The average molecular weight is 528 g/mol. The van der Waals surface area contributed by atoms with Crippen molar-refractivity contribution < 1.29 is 17.6 Å². The van der Waals surface area contributed by atoms with Gasteiger partial charge >= 0.3 is 0 Å². The number of carbonyl (C=O) groups is 1. The molecule has 2 atom stereocenters. The summed E-state index contributed by atoms with van der Waals surface area (Å²) in [6.07, 6.45) is 4.17. The summed E-state index contributed by atoms with van der Waals surface area (Å²) in [5, 5.41) is 17.6. The average Bonchev–Trinajstić information content (AvgIpc) is 3.63. The van der Waals surface area contributed by atoms with Gasteiger partial charge in [0.15, 0.2) is 15.8 Å². The monoisotopic (exact) mass is 527 g/mol. The molecule has 1 N–H and O–H groups in total. The van der Waals surface area contributed by atoms with Crippen LogP contribution < -0.4 is 5.32 Å². The number of aryl methyl sites for hydroxylation is 1. The maximum absolute atomic E-state index is 13.8. The number of halogens is 1. The number of thiazole rings is 1. The van der Waals surface area contributed by atoms with E-state index in [0.29, 0.717) is 34.9 Å². The lowest BCUT2D eigenvalue weighted by Crippen LogP contribution is -2.55. The molecule has 0 saturated carbocycles. The number of rotatable bonds is 5. The highest BCUT2D eigenvalue weighted by Crippen LogP contribution is 2.48. The number of benzene rings is 1. The molecule has 1 fully saturated rings. The summed E-state index contributed by atoms with van der Waals surface area (Å²) in [6.45, 7) is 1.17. The van der Waals surface area contributed by atoms with Crippen LogP contribution in [0.5, 0.6) is 0 Å². The Hall–Kier alpha value is -3.29. The van der Waals surface area contributed by atoms with Gasteiger partial charge in [0.2, 0.25) is 14.9 Å². The molecule has 4 heterocycles. The smallest absolute Gasteiger partial charge is 0.246 e. The number of aromatic nitrogens is 6. The predicted molar refractivity (Wildman–Crippen MR) is 127 cm³/mol. The minimum atomic E-state index is -4.14. The molecule has 3 aromatic heterocycles. The number of sulfone groups is 1. The van der Waals surface area contributed by atoms with Crippen LogP contribution in [0.3, 0.4) is 0 Å². The topological polar surface area (TPSA) is 125 Å². The lowest BCUT2D eigenvalue weighted by molar-refractivity contribution is 0.0538. The molecule has 36 heavy (non-hydrogen) atoms. The Bertz CT molecular complexity index is 1560. The van der Waals surface area contributed by atoms with E-state index in [4.69, 9.17) is 0 Å². The van der Waals surface area contributed by atoms with Gasteiger partial charge in [-0.3, -0.25) is 4.79 Å². The van der Waals surface area contributed by atoms with Crippen LogP contribution in [0.1, 0.15) is 27.5 Å². The van der Waals surface area contributed by atoms with E-state index in [1.807, 2.05) is 0 Å². The van der Waals surface area contributed by atoms with Crippen LogP contribution in [-0.4, -0.2) is 57.0 Å². The van der Waals surface area contributed by atoms with Gasteiger partial charge in [-0.05, 0) is 56.0 Å². The molecule has 6 rings (SSSR count). The van der Waals surface area contributed by atoms with Crippen molar-refractivity contribution in [2.24, 2.45) is 18.4 Å². The quantitative estimate of drug-likeness (QED) is 0.391. The summed E-state index contributed by atoms with van der Waals surface area (Å²) < 4.78 is 42.7. The molecule has 13 heteroatoms. The number of piperidine rings is 1. The first-order chi connectivity index (χ1) is 17.3. The largest absolute Gasteiger partial charge is 0.316 e. The van der Waals surface area contributed by atoms with Crippen molar-refractivity contribution in [1.29, 1.82) is 0 Å². The Labute approximate surface area is 210 Å². The second-order valence-electron chi connectivity index (χ2n) is 9.16. The second-order valence-corrected chi connectivity index (χ2v) is 11.9. The maximum atomic E-state index is 13.8. The zero-order valence-electron chi connectivity index (χ0n) is 19.3. The van der Waals surface area contributed by atoms with Gasteiger partial charge < -0.3 is 5.32 Å². The van der Waals surface area contributed by atoms with Gasteiger partial charge in [0.25, 0.3) is 0 Å². The fraction of sp³-hybridized carbons (Fsp3) is 0.348. The molecule has 1 saturated heterocycles. The van der Waals surface area contributed by atoms with Crippen molar-refractivity contribution in [3.63, 3.8) is 0 Å². The van der Waals surface area contributed by atoms with Crippen molar-refractivity contribution in [2.75, 3.05) is 13.1 Å². The number of fused-ring (bicyclic) bond motifs is 2. The van der Waals surface area contributed by atoms with Gasteiger partial charge in [-0.25, -0.2) is 22.5 Å². The summed E-state index contributed by atoms with van der Waals surface area (Å²) >= 11 is 1.29. The van der Waals surface area contributed by atoms with Crippen LogP contribution >= 0.6 is 11.3 Å². The predicted octanol–water partition coefficient (Wildman–Crippen LogP) is 2.01. The van der Waals surface area contributed by atoms with Crippen LogP contribution in [-0.2, 0) is 29.7 Å². The zero-order chi connectivity index (χ0) is 25.1. The fourth-order valence-electron chi connectivity index (χ4n) is 5.37. The summed E-state index contributed by atoms with van der Waals surface area (Å²) in [7, 11) is -2.61. The molecule has 0 bridgehead atoms. The van der Waals surface area contributed by atoms with E-state index in [1.54, 1.807) is 28.4 Å². The van der Waals surface area contributed by atoms with Crippen molar-refractivity contribution in [3.8, 4) is 5.69 Å². The van der Waals surface area contributed by atoms with Crippen molar-refractivity contribution in [3.05, 3.63) is 64.1 Å². The first kappa shape index (κ1) is 23.1. The Morgan fingerprint density at radius 1 is 1.25 bits per heavy atom. The van der Waals surface area contributed by atoms with Gasteiger partial charge in [0.05, 0.1) is 17.3 Å². The molecular formula is C23H22FN7O3S2. The molecular weight excluding hydrogens is 505 g/mol. The van der Waals surface area contributed by atoms with E-state index in [1.165, 1.54) is 41.5 Å². The molecule has 0 unspecified atom stereocenters. The van der Waals surface area contributed by atoms with Crippen molar-refractivity contribution >= 4 is 27.0 Å². The first-order valence-corrected chi connectivity index (χ1v) is 13.8. The van der Waals surface area contributed by atoms with Crippen molar-refractivity contribution in [2.45, 2.75) is 29.3 Å². The molecule has 0 amide bonds. The minimum absolute atomic E-state index is 0.0365. The van der Waals surface area contributed by atoms with Gasteiger partial charge in [-0.2, -0.15) is 15.0 Å². The van der Waals surface area contributed by atoms with E-state index >= 15 is 0 Å². The Kier molecular flexibility index (Phi) is 5.39. The highest BCUT2D eigenvalue weighted by molar-refractivity contribution is 7.91. The zero-order valence-corrected chi connectivity index (χ0v) is 20.9. The molecule has 0 spiro atoms. The van der Waals surface area contributed by atoms with Crippen molar-refractivity contribution in [1.82, 2.24) is 35.1 Å². The van der Waals surface area contributed by atoms with Crippen LogP contribution in [0.15, 0.2) is 52.1 Å². The van der Waals surface area contributed by atoms with Crippen LogP contribution in [0.4, 0.5) is 4.39 Å². The fourth-order valence-corrected chi connectivity index (χ4v) is 7.36. The van der Waals surface area contributed by atoms with Crippen LogP contribution in [0, 0.1) is 17.2 Å². The highest BCUT2D eigenvalue weighted by Gasteiger charge is 2.53. The van der Waals surface area contributed by atoms with Crippen LogP contribution in [0.2, 0.25) is 0 Å². The summed E-state index contributed by atoms with van der Waals surface area (Å²) in [6, 6.07) is 5.74. The third-order valence-corrected chi connectivity index (χ3v) is 9.48. The van der Waals surface area contributed by atoms with Gasteiger partial charge in [-0.15, -0.1) is 16.4 Å². The van der Waals surface area contributed by atoms with Gasteiger partial charge in [-0.1, -0.05) is 0 Å². The van der Waals surface area contributed by atoms with Gasteiger partial charge in [0.1, 0.15) is 5.82 Å². The number of nitrogens with one attached hydrogen (secondary N) is 1. The van der Waals surface area contributed by atoms with E-state index in [-0.39, 0.29) is 28.2 Å². The molecule has 1 aliphatic heterocycles. The summed E-state index contributed by atoms with van der Waals surface area (Å²) in [4.78, 5) is 19.3. The van der Waals surface area contributed by atoms with Gasteiger partial charge in [0, 0.05) is 36.4 Å². The first-order valence-electron chi connectivity index (χ1n) is 11.4. The normalized spacial score (nSPS) is 21.7. The Morgan fingerprint density at radius 2 is 2.06 bits per heavy atom. The number of Topliss-reactive ketones (excluding diaryl/α,β-unsaturated/α-hetero) is 1. The molecule has 1 aromatic carbocycles. The lowest BCUT2D eigenvalue weighted by atomic mass is 9.61. The molecule has 4 aromatic rings. The number of nitrogens with zero attached hydrogens (tertiary/aromatic N) is 6. The standard InChI is InChI=1S/C23H22FN7O3S2/c1-30-27-12-19(28-30)36(33,34)22-17-11-23(20(32)21-26-8-9-35-21)13-25-7-6-14(23)10-18(17)31(29-22)16-4-2-15(24)3-5-16/h2-5,8-9,12,14,25H,6-7,10-11,13H2,1H3/t14-,23-/m0/s1. The lowest BCUT2D eigenvalue weighted by Gasteiger charge is -2.46. The minimum Gasteiger partial charge on any atom is -0.316 e. The maximum Gasteiger partial charge on any atom is 0.246 e. The Morgan fingerprint density at radius 3 is 2.75 bits per heavy atom. The summed E-state index contributed by atoms with van der Waals surface area (Å²) in [5.74, 6) is -0.526. The molecule has 2 aliphatic rings. The number of ketones is 1.